The maximum Gasteiger partial charge on any atom is 0.271 e. The molecule has 3 rings (SSSR count). The standard InChI is InChI=1S/C19H21N7O/c1-3-25(4-2)17-9-5-15(6-10-17)13-20-22-19(27)16-7-11-18(12-8-16)26-14-21-23-24-26/h5-14H,3-4H2,1-2H3,(H,22,27)/b20-13+. The zero-order chi connectivity index (χ0) is 19.1. The molecule has 1 aromatic heterocycles. The van der Waals surface area contributed by atoms with E-state index in [4.69, 9.17) is 0 Å². The molecule has 0 aliphatic heterocycles. The van der Waals surface area contributed by atoms with Gasteiger partial charge in [-0.15, -0.1) is 5.10 Å². The van der Waals surface area contributed by atoms with E-state index in [2.05, 4.69) is 44.8 Å². The predicted octanol–water partition coefficient (Wildman–Crippen LogP) is 2.27. The third-order valence-corrected chi connectivity index (χ3v) is 4.14. The minimum Gasteiger partial charge on any atom is -0.372 e. The van der Waals surface area contributed by atoms with Gasteiger partial charge in [0, 0.05) is 24.3 Å². The Labute approximate surface area is 157 Å². The van der Waals surface area contributed by atoms with Crippen molar-refractivity contribution in [3.63, 3.8) is 0 Å². The van der Waals surface area contributed by atoms with Gasteiger partial charge in [0.1, 0.15) is 6.33 Å². The molecule has 0 radical (unpaired) electrons. The van der Waals surface area contributed by atoms with Crippen LogP contribution < -0.4 is 10.3 Å². The lowest BCUT2D eigenvalue weighted by atomic mass is 10.2. The smallest absolute Gasteiger partial charge is 0.271 e. The lowest BCUT2D eigenvalue weighted by molar-refractivity contribution is 0.0955. The molecule has 0 unspecified atom stereocenters. The van der Waals surface area contributed by atoms with E-state index >= 15 is 0 Å². The fourth-order valence-electron chi connectivity index (χ4n) is 2.64. The summed E-state index contributed by atoms with van der Waals surface area (Å²) in [4.78, 5) is 14.4. The van der Waals surface area contributed by atoms with E-state index in [1.165, 1.54) is 16.7 Å². The van der Waals surface area contributed by atoms with E-state index in [-0.39, 0.29) is 5.91 Å². The number of carbonyl (C=O) groups is 1. The van der Waals surface area contributed by atoms with Gasteiger partial charge in [0.2, 0.25) is 0 Å². The number of nitrogens with zero attached hydrogens (tertiary/aromatic N) is 6. The van der Waals surface area contributed by atoms with Gasteiger partial charge in [-0.2, -0.15) is 5.10 Å². The van der Waals surface area contributed by atoms with Crippen molar-refractivity contribution in [1.29, 1.82) is 0 Å². The number of tetrazole rings is 1. The van der Waals surface area contributed by atoms with E-state index < -0.39 is 0 Å². The van der Waals surface area contributed by atoms with Gasteiger partial charge < -0.3 is 4.90 Å². The molecule has 27 heavy (non-hydrogen) atoms. The molecule has 8 heteroatoms. The van der Waals surface area contributed by atoms with Crippen molar-refractivity contribution < 1.29 is 4.79 Å². The Morgan fingerprint density at radius 3 is 2.41 bits per heavy atom. The molecule has 0 saturated heterocycles. The monoisotopic (exact) mass is 363 g/mol. The maximum absolute atomic E-state index is 12.2. The van der Waals surface area contributed by atoms with Crippen LogP contribution in [0.2, 0.25) is 0 Å². The van der Waals surface area contributed by atoms with Crippen molar-refractivity contribution in [2.75, 3.05) is 18.0 Å². The Bertz CT molecular complexity index is 883. The van der Waals surface area contributed by atoms with Crippen molar-refractivity contribution in [2.45, 2.75) is 13.8 Å². The second kappa shape index (κ2) is 8.70. The minimum absolute atomic E-state index is 0.283. The zero-order valence-electron chi connectivity index (χ0n) is 15.3. The van der Waals surface area contributed by atoms with Crippen LogP contribution in [0.4, 0.5) is 5.69 Å². The number of anilines is 1. The van der Waals surface area contributed by atoms with Crippen molar-refractivity contribution in [3.8, 4) is 5.69 Å². The van der Waals surface area contributed by atoms with Crippen LogP contribution in [0.25, 0.3) is 5.69 Å². The fraction of sp³-hybridized carbons (Fsp3) is 0.211. The molecule has 0 fully saturated rings. The molecule has 0 aliphatic rings. The average molecular weight is 363 g/mol. The van der Waals surface area contributed by atoms with Gasteiger partial charge >= 0.3 is 0 Å². The summed E-state index contributed by atoms with van der Waals surface area (Å²) in [5, 5.41) is 15.0. The Kier molecular flexibility index (Phi) is 5.88. The molecule has 0 atom stereocenters. The molecule has 0 spiro atoms. The molecule has 1 N–H and O–H groups in total. The first kappa shape index (κ1) is 18.2. The molecule has 2 aromatic carbocycles. The summed E-state index contributed by atoms with van der Waals surface area (Å²) >= 11 is 0. The van der Waals surface area contributed by atoms with Crippen LogP contribution in [0.3, 0.4) is 0 Å². The molecule has 0 saturated carbocycles. The summed E-state index contributed by atoms with van der Waals surface area (Å²) in [5.41, 5.74) is 5.89. The zero-order valence-corrected chi connectivity index (χ0v) is 15.3. The van der Waals surface area contributed by atoms with Crippen molar-refractivity contribution >= 4 is 17.8 Å². The first-order chi connectivity index (χ1) is 13.2. The third kappa shape index (κ3) is 4.55. The van der Waals surface area contributed by atoms with Gasteiger partial charge in [0.05, 0.1) is 11.9 Å². The number of rotatable bonds is 7. The largest absolute Gasteiger partial charge is 0.372 e. The molecule has 8 nitrogen and oxygen atoms in total. The van der Waals surface area contributed by atoms with Crippen LogP contribution in [-0.2, 0) is 0 Å². The highest BCUT2D eigenvalue weighted by Crippen LogP contribution is 2.14. The van der Waals surface area contributed by atoms with Crippen molar-refractivity contribution in [3.05, 3.63) is 66.0 Å². The summed E-state index contributed by atoms with van der Waals surface area (Å²) in [6.07, 6.45) is 3.12. The lowest BCUT2D eigenvalue weighted by Gasteiger charge is -2.20. The summed E-state index contributed by atoms with van der Waals surface area (Å²) in [7, 11) is 0. The van der Waals surface area contributed by atoms with Crippen LogP contribution >= 0.6 is 0 Å². The number of hydrazone groups is 1. The number of amides is 1. The number of aromatic nitrogens is 4. The number of carbonyl (C=O) groups excluding carboxylic acids is 1. The predicted molar refractivity (Wildman–Crippen MR) is 104 cm³/mol. The van der Waals surface area contributed by atoms with Crippen LogP contribution in [0.15, 0.2) is 60.0 Å². The average Bonchev–Trinajstić information content (AvgIpc) is 3.25. The number of hydrogen-bond donors (Lipinski definition) is 1. The highest BCUT2D eigenvalue weighted by Gasteiger charge is 2.05. The van der Waals surface area contributed by atoms with Crippen LogP contribution in [0.1, 0.15) is 29.8 Å². The molecule has 138 valence electrons. The molecule has 0 bridgehead atoms. The molecular weight excluding hydrogens is 342 g/mol. The Hall–Kier alpha value is -3.55. The second-order valence-corrected chi connectivity index (χ2v) is 5.76. The van der Waals surface area contributed by atoms with E-state index in [9.17, 15) is 4.79 Å². The molecular formula is C19H21N7O. The normalized spacial score (nSPS) is 10.9. The molecule has 3 aromatic rings. The van der Waals surface area contributed by atoms with Crippen molar-refractivity contribution in [1.82, 2.24) is 25.6 Å². The maximum atomic E-state index is 12.2. The Morgan fingerprint density at radius 1 is 1.11 bits per heavy atom. The fourth-order valence-corrected chi connectivity index (χ4v) is 2.64. The number of hydrogen-bond acceptors (Lipinski definition) is 6. The first-order valence-electron chi connectivity index (χ1n) is 8.73. The van der Waals surface area contributed by atoms with Gasteiger partial charge in [-0.05, 0) is 66.2 Å². The van der Waals surface area contributed by atoms with Crippen LogP contribution in [0.5, 0.6) is 0 Å². The molecule has 1 heterocycles. The summed E-state index contributed by atoms with van der Waals surface area (Å²) in [6.45, 7) is 6.19. The summed E-state index contributed by atoms with van der Waals surface area (Å²) < 4.78 is 1.52. The summed E-state index contributed by atoms with van der Waals surface area (Å²) in [5.74, 6) is -0.283. The first-order valence-corrected chi connectivity index (χ1v) is 8.73. The van der Waals surface area contributed by atoms with E-state index in [1.807, 2.05) is 24.3 Å². The Morgan fingerprint density at radius 2 is 1.81 bits per heavy atom. The quantitative estimate of drug-likeness (QED) is 0.514. The van der Waals surface area contributed by atoms with Gasteiger partial charge in [0.25, 0.3) is 5.91 Å². The van der Waals surface area contributed by atoms with E-state index in [0.29, 0.717) is 5.56 Å². The van der Waals surface area contributed by atoms with Crippen molar-refractivity contribution in [2.24, 2.45) is 5.10 Å². The third-order valence-electron chi connectivity index (χ3n) is 4.14. The number of nitrogens with one attached hydrogen (secondary N) is 1. The molecule has 0 aliphatic carbocycles. The van der Waals surface area contributed by atoms with E-state index in [1.54, 1.807) is 30.5 Å². The highest BCUT2D eigenvalue weighted by atomic mass is 16.2. The Balaban J connectivity index is 1.58. The molecule has 1 amide bonds. The van der Waals surface area contributed by atoms with Crippen LogP contribution in [0, 0.1) is 0 Å². The topological polar surface area (TPSA) is 88.3 Å². The van der Waals surface area contributed by atoms with Gasteiger partial charge in [0.15, 0.2) is 0 Å². The van der Waals surface area contributed by atoms with Gasteiger partial charge in [-0.3, -0.25) is 4.79 Å². The summed E-state index contributed by atoms with van der Waals surface area (Å²) in [6, 6.07) is 15.0. The van der Waals surface area contributed by atoms with Gasteiger partial charge in [-0.1, -0.05) is 12.1 Å². The van der Waals surface area contributed by atoms with Gasteiger partial charge in [-0.25, -0.2) is 10.1 Å². The van der Waals surface area contributed by atoms with E-state index in [0.717, 1.165) is 24.3 Å². The van der Waals surface area contributed by atoms with Crippen LogP contribution in [-0.4, -0.2) is 45.4 Å². The highest BCUT2D eigenvalue weighted by molar-refractivity contribution is 5.95. The number of benzene rings is 2. The SMILES string of the molecule is CCN(CC)c1ccc(/C=N/NC(=O)c2ccc(-n3cnnn3)cc2)cc1. The minimum atomic E-state index is -0.283. The lowest BCUT2D eigenvalue weighted by Crippen LogP contribution is -2.21. The second-order valence-electron chi connectivity index (χ2n) is 5.76.